The first kappa shape index (κ1) is 22.7. The molecule has 36 heavy (non-hydrogen) atoms. The summed E-state index contributed by atoms with van der Waals surface area (Å²) in [6.45, 7) is 2.97. The lowest BCUT2D eigenvalue weighted by molar-refractivity contribution is -0.142. The molecule has 2 saturated heterocycles. The van der Waals surface area contributed by atoms with E-state index in [1.807, 2.05) is 6.07 Å². The van der Waals surface area contributed by atoms with Gasteiger partial charge in [-0.1, -0.05) is 6.08 Å². The third kappa shape index (κ3) is 3.83. The first-order valence-electron chi connectivity index (χ1n) is 12.1. The minimum absolute atomic E-state index is 0.0831. The fraction of sp³-hybridized carbons (Fsp3) is 0.370. The number of nitrogens with one attached hydrogen (secondary N) is 1. The number of nitriles is 1. The first-order chi connectivity index (χ1) is 17.4. The number of benzene rings is 1. The zero-order valence-electron chi connectivity index (χ0n) is 19.9. The van der Waals surface area contributed by atoms with Crippen molar-refractivity contribution >= 4 is 22.5 Å². The Kier molecular flexibility index (Phi) is 5.51. The summed E-state index contributed by atoms with van der Waals surface area (Å²) in [5.74, 6) is 0.966. The van der Waals surface area contributed by atoms with E-state index in [0.29, 0.717) is 59.6 Å². The highest BCUT2D eigenvalue weighted by molar-refractivity contribution is 5.99. The smallest absolute Gasteiger partial charge is 0.236 e. The standard InChI is InChI=1S/C27H26FN5O3/c1-36-24-3-2-19(28)6-21(24)26-18(8-29)9-30-27-22(26)7-23(31-27)15-4-16-10-32(11-17(16)5-15)14-25(35)33-12-20(34)13-33/h2-4,6-7,9,16-17,20,34H,5,10-14H2,1H3,(H,30,31). The Labute approximate surface area is 207 Å². The summed E-state index contributed by atoms with van der Waals surface area (Å²) in [5.41, 5.74) is 4.23. The normalized spacial score (nSPS) is 21.8. The molecule has 0 spiro atoms. The van der Waals surface area contributed by atoms with E-state index in [4.69, 9.17) is 4.74 Å². The molecule has 3 aromatic rings. The van der Waals surface area contributed by atoms with Crippen LogP contribution in [0.3, 0.4) is 0 Å². The number of amides is 1. The Bertz CT molecular complexity index is 1440. The molecule has 8 nitrogen and oxygen atoms in total. The summed E-state index contributed by atoms with van der Waals surface area (Å²) in [6.07, 6.45) is 4.29. The van der Waals surface area contributed by atoms with Gasteiger partial charge in [0.1, 0.15) is 23.3 Å². The topological polar surface area (TPSA) is 105 Å². The highest BCUT2D eigenvalue weighted by Gasteiger charge is 2.39. The summed E-state index contributed by atoms with van der Waals surface area (Å²) >= 11 is 0. The summed E-state index contributed by atoms with van der Waals surface area (Å²) in [6, 6.07) is 8.46. The average molecular weight is 488 g/mol. The summed E-state index contributed by atoms with van der Waals surface area (Å²) in [5, 5.41) is 19.9. The lowest BCUT2D eigenvalue weighted by atomic mass is 9.97. The molecule has 2 atom stereocenters. The van der Waals surface area contributed by atoms with Gasteiger partial charge in [-0.15, -0.1) is 0 Å². The Balaban J connectivity index is 1.27. The number of aliphatic hydroxyl groups is 1. The lowest BCUT2D eigenvalue weighted by Gasteiger charge is -2.36. The second-order valence-corrected chi connectivity index (χ2v) is 9.92. The van der Waals surface area contributed by atoms with Crippen molar-refractivity contribution in [1.29, 1.82) is 5.26 Å². The molecule has 184 valence electrons. The van der Waals surface area contributed by atoms with Crippen molar-refractivity contribution in [2.45, 2.75) is 12.5 Å². The number of hydrogen-bond donors (Lipinski definition) is 2. The number of β-amino-alcohol motifs (C(OH)–C–C–N with tert-alkyl or cyclic N) is 1. The fourth-order valence-corrected chi connectivity index (χ4v) is 5.78. The number of nitrogens with zero attached hydrogens (tertiary/aromatic N) is 4. The molecule has 9 heteroatoms. The van der Waals surface area contributed by atoms with Gasteiger partial charge >= 0.3 is 0 Å². The van der Waals surface area contributed by atoms with E-state index in [2.05, 4.69) is 27.0 Å². The van der Waals surface area contributed by atoms with Gasteiger partial charge in [-0.2, -0.15) is 5.26 Å². The number of carbonyl (C=O) groups excluding carboxylic acids is 1. The molecule has 1 amide bonds. The maximum absolute atomic E-state index is 14.2. The van der Waals surface area contributed by atoms with Crippen LogP contribution < -0.4 is 4.74 Å². The van der Waals surface area contributed by atoms with Crippen LogP contribution in [-0.2, 0) is 4.79 Å². The number of carbonyl (C=O) groups is 1. The zero-order chi connectivity index (χ0) is 25.0. The van der Waals surface area contributed by atoms with E-state index < -0.39 is 5.82 Å². The van der Waals surface area contributed by atoms with E-state index in [1.54, 1.807) is 11.0 Å². The van der Waals surface area contributed by atoms with Crippen molar-refractivity contribution in [1.82, 2.24) is 19.8 Å². The number of aromatic amines is 1. The molecule has 1 aromatic carbocycles. The third-order valence-electron chi connectivity index (χ3n) is 7.59. The molecule has 4 heterocycles. The van der Waals surface area contributed by atoms with Crippen LogP contribution in [0.1, 0.15) is 17.7 Å². The maximum Gasteiger partial charge on any atom is 0.236 e. The quantitative estimate of drug-likeness (QED) is 0.574. The van der Waals surface area contributed by atoms with Crippen molar-refractivity contribution in [3.63, 3.8) is 0 Å². The van der Waals surface area contributed by atoms with Gasteiger partial charge in [0.15, 0.2) is 0 Å². The molecule has 0 radical (unpaired) electrons. The molecule has 2 N–H and O–H groups in total. The lowest BCUT2D eigenvalue weighted by Crippen LogP contribution is -2.55. The van der Waals surface area contributed by atoms with Gasteiger partial charge in [0.2, 0.25) is 5.91 Å². The predicted octanol–water partition coefficient (Wildman–Crippen LogP) is 2.79. The number of aromatic nitrogens is 2. The van der Waals surface area contributed by atoms with Crippen molar-refractivity contribution in [3.05, 3.63) is 53.6 Å². The van der Waals surface area contributed by atoms with Crippen LogP contribution in [-0.4, -0.2) is 76.7 Å². The number of aliphatic hydroxyl groups excluding tert-OH is 1. The van der Waals surface area contributed by atoms with Crippen LogP contribution in [0.4, 0.5) is 4.39 Å². The fourth-order valence-electron chi connectivity index (χ4n) is 5.78. The van der Waals surface area contributed by atoms with Gasteiger partial charge in [-0.05, 0) is 48.1 Å². The minimum Gasteiger partial charge on any atom is -0.496 e. The third-order valence-corrected chi connectivity index (χ3v) is 7.59. The van der Waals surface area contributed by atoms with Crippen LogP contribution in [0.2, 0.25) is 0 Å². The summed E-state index contributed by atoms with van der Waals surface area (Å²) in [4.78, 5) is 24.2. The largest absolute Gasteiger partial charge is 0.496 e. The van der Waals surface area contributed by atoms with Crippen LogP contribution >= 0.6 is 0 Å². The molecule has 0 saturated carbocycles. The number of likely N-dealkylation sites (tertiary alicyclic amines) is 2. The van der Waals surface area contributed by atoms with Gasteiger partial charge < -0.3 is 19.7 Å². The molecule has 6 rings (SSSR count). The van der Waals surface area contributed by atoms with Crippen LogP contribution in [0.5, 0.6) is 5.75 Å². The number of methoxy groups -OCH3 is 1. The Morgan fingerprint density at radius 3 is 2.86 bits per heavy atom. The molecule has 0 bridgehead atoms. The van der Waals surface area contributed by atoms with E-state index in [-0.39, 0.29) is 12.0 Å². The van der Waals surface area contributed by atoms with Crippen molar-refractivity contribution < 1.29 is 19.0 Å². The number of hydrogen-bond acceptors (Lipinski definition) is 6. The molecule has 1 aliphatic carbocycles. The number of ether oxygens (including phenoxy) is 1. The second kappa shape index (κ2) is 8.73. The molecule has 2 fully saturated rings. The molecular formula is C27H26FN5O3. The van der Waals surface area contributed by atoms with Crippen molar-refractivity contribution in [2.24, 2.45) is 11.8 Å². The number of halogens is 1. The van der Waals surface area contributed by atoms with Crippen molar-refractivity contribution in [3.8, 4) is 22.9 Å². The number of allylic oxidation sites excluding steroid dienone is 1. The van der Waals surface area contributed by atoms with Crippen LogP contribution in [0.25, 0.3) is 27.7 Å². The number of rotatable bonds is 5. The Hall–Kier alpha value is -3.74. The minimum atomic E-state index is -0.407. The van der Waals surface area contributed by atoms with Crippen molar-refractivity contribution in [2.75, 3.05) is 39.8 Å². The van der Waals surface area contributed by atoms with Crippen LogP contribution in [0, 0.1) is 29.0 Å². The number of H-pyrrole nitrogens is 1. The SMILES string of the molecule is COc1ccc(F)cc1-c1c(C#N)cnc2[nH]c(C3=CC4CN(CC(=O)N5CC(O)C5)CC4C3)cc12. The molecule has 2 aromatic heterocycles. The highest BCUT2D eigenvalue weighted by Crippen LogP contribution is 2.43. The molecule has 2 aliphatic heterocycles. The van der Waals surface area contributed by atoms with E-state index in [0.717, 1.165) is 30.6 Å². The van der Waals surface area contributed by atoms with Crippen LogP contribution in [0.15, 0.2) is 36.5 Å². The zero-order valence-corrected chi connectivity index (χ0v) is 19.9. The summed E-state index contributed by atoms with van der Waals surface area (Å²) < 4.78 is 19.6. The van der Waals surface area contributed by atoms with Gasteiger partial charge in [0, 0.05) is 54.6 Å². The molecule has 3 aliphatic rings. The number of pyridine rings is 1. The Morgan fingerprint density at radius 2 is 2.14 bits per heavy atom. The average Bonchev–Trinajstić information content (AvgIpc) is 3.54. The highest BCUT2D eigenvalue weighted by atomic mass is 19.1. The molecular weight excluding hydrogens is 461 g/mol. The summed E-state index contributed by atoms with van der Waals surface area (Å²) in [7, 11) is 1.52. The van der Waals surface area contributed by atoms with E-state index >= 15 is 0 Å². The number of fused-ring (bicyclic) bond motifs is 2. The van der Waals surface area contributed by atoms with E-state index in [1.165, 1.54) is 31.0 Å². The molecule has 2 unspecified atom stereocenters. The van der Waals surface area contributed by atoms with Gasteiger partial charge in [0.25, 0.3) is 0 Å². The monoisotopic (exact) mass is 487 g/mol. The van der Waals surface area contributed by atoms with Gasteiger partial charge in [0.05, 0.1) is 25.3 Å². The maximum atomic E-state index is 14.2. The Morgan fingerprint density at radius 1 is 1.31 bits per heavy atom. The van der Waals surface area contributed by atoms with Gasteiger partial charge in [-0.3, -0.25) is 9.69 Å². The van der Waals surface area contributed by atoms with Gasteiger partial charge in [-0.25, -0.2) is 9.37 Å². The van der Waals surface area contributed by atoms with E-state index in [9.17, 15) is 19.6 Å². The first-order valence-corrected chi connectivity index (χ1v) is 12.1. The second-order valence-electron chi connectivity index (χ2n) is 9.92. The predicted molar refractivity (Wildman–Crippen MR) is 131 cm³/mol.